The van der Waals surface area contributed by atoms with Gasteiger partial charge in [-0.1, -0.05) is 11.8 Å². The molecule has 0 spiro atoms. The third-order valence-electron chi connectivity index (χ3n) is 3.55. The molecule has 2 N–H and O–H groups in total. The van der Waals surface area contributed by atoms with Crippen molar-refractivity contribution in [3.05, 3.63) is 6.07 Å². The molecule has 1 fully saturated rings. The summed E-state index contributed by atoms with van der Waals surface area (Å²) < 4.78 is 0. The predicted octanol–water partition coefficient (Wildman–Crippen LogP) is 2.05. The highest BCUT2D eigenvalue weighted by molar-refractivity contribution is 7.98. The van der Waals surface area contributed by atoms with Gasteiger partial charge in [-0.05, 0) is 32.4 Å². The van der Waals surface area contributed by atoms with Crippen LogP contribution in [0.25, 0.3) is 0 Å². The fourth-order valence-corrected chi connectivity index (χ4v) is 2.77. The zero-order valence-electron chi connectivity index (χ0n) is 12.8. The van der Waals surface area contributed by atoms with E-state index in [-0.39, 0.29) is 11.9 Å². The number of hydrogen-bond donors (Lipinski definition) is 2. The highest BCUT2D eigenvalue weighted by Gasteiger charge is 2.22. The molecule has 1 unspecified atom stereocenters. The summed E-state index contributed by atoms with van der Waals surface area (Å²) >= 11 is 1.48. The standard InChI is InChI=1S/C14H23N5OS/c1-10(13(20)19-7-5-4-6-8-19)16-12-9-11(15-2)17-14(18-12)21-3/h9-10H,4-8H2,1-3H3,(H2,15,16,17,18). The molecule has 1 saturated heterocycles. The molecule has 116 valence electrons. The second kappa shape index (κ2) is 7.49. The maximum Gasteiger partial charge on any atom is 0.244 e. The van der Waals surface area contributed by atoms with Crippen molar-refractivity contribution in [1.29, 1.82) is 0 Å². The van der Waals surface area contributed by atoms with Crippen LogP contribution in [0.15, 0.2) is 11.2 Å². The minimum Gasteiger partial charge on any atom is -0.373 e. The van der Waals surface area contributed by atoms with E-state index in [1.807, 2.05) is 31.2 Å². The van der Waals surface area contributed by atoms with Crippen molar-refractivity contribution >= 4 is 29.3 Å². The molecule has 1 aromatic rings. The van der Waals surface area contributed by atoms with E-state index in [4.69, 9.17) is 0 Å². The van der Waals surface area contributed by atoms with Crippen LogP contribution in [0.4, 0.5) is 11.6 Å². The smallest absolute Gasteiger partial charge is 0.244 e. The fourth-order valence-electron chi connectivity index (χ4n) is 2.39. The number of thioether (sulfide) groups is 1. The van der Waals surface area contributed by atoms with Gasteiger partial charge in [0, 0.05) is 26.2 Å². The molecule has 1 amide bonds. The van der Waals surface area contributed by atoms with E-state index in [2.05, 4.69) is 20.6 Å². The molecule has 0 aliphatic carbocycles. The number of anilines is 2. The molecular weight excluding hydrogens is 286 g/mol. The summed E-state index contributed by atoms with van der Waals surface area (Å²) in [4.78, 5) is 23.1. The number of aromatic nitrogens is 2. The molecule has 21 heavy (non-hydrogen) atoms. The topological polar surface area (TPSA) is 70.2 Å². The van der Waals surface area contributed by atoms with E-state index in [9.17, 15) is 4.79 Å². The minimum atomic E-state index is -0.280. The number of amides is 1. The maximum absolute atomic E-state index is 12.4. The molecule has 1 atom stereocenters. The Morgan fingerprint density at radius 1 is 1.29 bits per heavy atom. The number of rotatable bonds is 5. The van der Waals surface area contributed by atoms with Gasteiger partial charge in [0.1, 0.15) is 17.7 Å². The van der Waals surface area contributed by atoms with E-state index < -0.39 is 0 Å². The number of piperidine rings is 1. The Hall–Kier alpha value is -1.50. The highest BCUT2D eigenvalue weighted by Crippen LogP contribution is 2.18. The second-order valence-electron chi connectivity index (χ2n) is 5.13. The molecule has 0 bridgehead atoms. The molecule has 1 aliphatic heterocycles. The molecule has 7 heteroatoms. The summed E-state index contributed by atoms with van der Waals surface area (Å²) in [6.45, 7) is 3.62. The quantitative estimate of drug-likeness (QED) is 0.641. The van der Waals surface area contributed by atoms with E-state index >= 15 is 0 Å². The lowest BCUT2D eigenvalue weighted by Gasteiger charge is -2.29. The molecular formula is C14H23N5OS. The van der Waals surface area contributed by atoms with Gasteiger partial charge in [-0.2, -0.15) is 0 Å². The SMILES string of the molecule is CNc1cc(NC(C)C(=O)N2CCCCC2)nc(SC)n1. The van der Waals surface area contributed by atoms with Gasteiger partial charge in [-0.25, -0.2) is 9.97 Å². The summed E-state index contributed by atoms with van der Waals surface area (Å²) in [6.07, 6.45) is 5.36. The van der Waals surface area contributed by atoms with Crippen molar-refractivity contribution in [3.8, 4) is 0 Å². The van der Waals surface area contributed by atoms with E-state index in [1.165, 1.54) is 18.2 Å². The normalized spacial score (nSPS) is 16.4. The number of carbonyl (C=O) groups is 1. The summed E-state index contributed by atoms with van der Waals surface area (Å²) in [7, 11) is 1.82. The molecule has 2 rings (SSSR count). The average molecular weight is 309 g/mol. The van der Waals surface area contributed by atoms with E-state index in [0.717, 1.165) is 31.7 Å². The van der Waals surface area contributed by atoms with Crippen LogP contribution in [0.1, 0.15) is 26.2 Å². The third kappa shape index (κ3) is 4.23. The Bertz CT molecular complexity index is 468. The van der Waals surface area contributed by atoms with Gasteiger partial charge in [-0.15, -0.1) is 0 Å². The summed E-state index contributed by atoms with van der Waals surface area (Å²) in [6, 6.07) is 1.54. The number of hydrogen-bond acceptors (Lipinski definition) is 6. The van der Waals surface area contributed by atoms with Gasteiger partial charge in [0.25, 0.3) is 0 Å². The number of carbonyl (C=O) groups excluding carboxylic acids is 1. The number of nitrogens with one attached hydrogen (secondary N) is 2. The van der Waals surface area contributed by atoms with Crippen molar-refractivity contribution in [3.63, 3.8) is 0 Å². The van der Waals surface area contributed by atoms with E-state index in [1.54, 1.807) is 0 Å². The van der Waals surface area contributed by atoms with Crippen LogP contribution >= 0.6 is 11.8 Å². The Morgan fingerprint density at radius 2 is 1.95 bits per heavy atom. The van der Waals surface area contributed by atoms with Crippen molar-refractivity contribution in [1.82, 2.24) is 14.9 Å². The zero-order chi connectivity index (χ0) is 15.2. The first kappa shape index (κ1) is 15.9. The van der Waals surface area contributed by atoms with Gasteiger partial charge >= 0.3 is 0 Å². The second-order valence-corrected chi connectivity index (χ2v) is 5.90. The first-order valence-electron chi connectivity index (χ1n) is 7.30. The van der Waals surface area contributed by atoms with Crippen LogP contribution in [0.5, 0.6) is 0 Å². The minimum absolute atomic E-state index is 0.144. The lowest BCUT2D eigenvalue weighted by Crippen LogP contribution is -2.44. The highest BCUT2D eigenvalue weighted by atomic mass is 32.2. The first-order valence-corrected chi connectivity index (χ1v) is 8.52. The van der Waals surface area contributed by atoms with Crippen molar-refractivity contribution in [2.24, 2.45) is 0 Å². The largest absolute Gasteiger partial charge is 0.373 e. The molecule has 0 saturated carbocycles. The van der Waals surface area contributed by atoms with Gasteiger partial charge in [0.15, 0.2) is 5.16 Å². The molecule has 1 aliphatic rings. The Labute approximate surface area is 130 Å². The molecule has 0 radical (unpaired) electrons. The lowest BCUT2D eigenvalue weighted by molar-refractivity contribution is -0.132. The zero-order valence-corrected chi connectivity index (χ0v) is 13.7. The molecule has 0 aromatic carbocycles. The maximum atomic E-state index is 12.4. The van der Waals surface area contributed by atoms with Crippen LogP contribution in [0, 0.1) is 0 Å². The van der Waals surface area contributed by atoms with Crippen LogP contribution < -0.4 is 10.6 Å². The first-order chi connectivity index (χ1) is 10.1. The number of nitrogens with zero attached hydrogens (tertiary/aromatic N) is 3. The van der Waals surface area contributed by atoms with Gasteiger partial charge in [-0.3, -0.25) is 4.79 Å². The van der Waals surface area contributed by atoms with Crippen LogP contribution in [-0.4, -0.2) is 53.2 Å². The Balaban J connectivity index is 2.04. The van der Waals surface area contributed by atoms with Gasteiger partial charge in [0.05, 0.1) is 0 Å². The van der Waals surface area contributed by atoms with Crippen LogP contribution in [0.2, 0.25) is 0 Å². The Morgan fingerprint density at radius 3 is 2.57 bits per heavy atom. The van der Waals surface area contributed by atoms with Gasteiger partial charge < -0.3 is 15.5 Å². The third-order valence-corrected chi connectivity index (χ3v) is 4.09. The van der Waals surface area contributed by atoms with Crippen molar-refractivity contribution in [2.75, 3.05) is 37.0 Å². The van der Waals surface area contributed by atoms with Gasteiger partial charge in [0.2, 0.25) is 5.91 Å². The fraction of sp³-hybridized carbons (Fsp3) is 0.643. The monoisotopic (exact) mass is 309 g/mol. The lowest BCUT2D eigenvalue weighted by atomic mass is 10.1. The van der Waals surface area contributed by atoms with E-state index in [0.29, 0.717) is 11.0 Å². The summed E-state index contributed by atoms with van der Waals surface area (Å²) in [5.41, 5.74) is 0. The average Bonchev–Trinajstić information content (AvgIpc) is 2.54. The van der Waals surface area contributed by atoms with Crippen LogP contribution in [-0.2, 0) is 4.79 Å². The van der Waals surface area contributed by atoms with Crippen molar-refractivity contribution in [2.45, 2.75) is 37.4 Å². The summed E-state index contributed by atoms with van der Waals surface area (Å²) in [5.74, 6) is 1.57. The molecule has 2 heterocycles. The number of likely N-dealkylation sites (tertiary alicyclic amines) is 1. The Kier molecular flexibility index (Phi) is 5.67. The summed E-state index contributed by atoms with van der Waals surface area (Å²) in [5, 5.41) is 6.88. The molecule has 1 aromatic heterocycles. The van der Waals surface area contributed by atoms with Crippen molar-refractivity contribution < 1.29 is 4.79 Å². The van der Waals surface area contributed by atoms with Crippen LogP contribution in [0.3, 0.4) is 0 Å². The molecule has 6 nitrogen and oxygen atoms in total. The predicted molar refractivity (Wildman–Crippen MR) is 86.9 cm³/mol.